The van der Waals surface area contributed by atoms with Crippen molar-refractivity contribution in [2.45, 2.75) is 25.8 Å². The summed E-state index contributed by atoms with van der Waals surface area (Å²) in [4.78, 5) is 4.53. The molecule has 1 aromatic heterocycles. The van der Waals surface area contributed by atoms with Gasteiger partial charge in [-0.05, 0) is 24.9 Å². The van der Waals surface area contributed by atoms with Crippen molar-refractivity contribution in [2.75, 3.05) is 7.05 Å². The lowest BCUT2D eigenvalue weighted by Gasteiger charge is -2.16. The van der Waals surface area contributed by atoms with Crippen molar-refractivity contribution in [1.82, 2.24) is 10.3 Å². The summed E-state index contributed by atoms with van der Waals surface area (Å²) in [5.74, 6) is 0. The normalized spacial score (nSPS) is 12.9. The van der Waals surface area contributed by atoms with Gasteiger partial charge in [-0.15, -0.1) is 0 Å². The number of nitrogens with one attached hydrogen (secondary N) is 1. The molecule has 0 spiro atoms. The molecule has 0 bridgehead atoms. The van der Waals surface area contributed by atoms with Crippen LogP contribution in [0.3, 0.4) is 0 Å². The highest BCUT2D eigenvalue weighted by Gasteiger charge is 2.12. The molecule has 1 unspecified atom stereocenters. The van der Waals surface area contributed by atoms with Gasteiger partial charge in [0, 0.05) is 17.6 Å². The lowest BCUT2D eigenvalue weighted by atomic mass is 10.0. The molecule has 0 saturated heterocycles. The van der Waals surface area contributed by atoms with E-state index in [9.17, 15) is 0 Å². The molecule has 0 amide bonds. The topological polar surface area (TPSA) is 24.9 Å². The zero-order chi connectivity index (χ0) is 11.4. The molecule has 2 rings (SSSR count). The van der Waals surface area contributed by atoms with Gasteiger partial charge in [0.05, 0.1) is 5.69 Å². The average Bonchev–Trinajstić information content (AvgIpc) is 2.35. The van der Waals surface area contributed by atoms with Crippen molar-refractivity contribution < 1.29 is 0 Å². The molecule has 1 aromatic carbocycles. The van der Waals surface area contributed by atoms with Gasteiger partial charge in [0.15, 0.2) is 0 Å². The first-order valence-corrected chi connectivity index (χ1v) is 5.87. The van der Waals surface area contributed by atoms with Crippen molar-refractivity contribution in [3.63, 3.8) is 0 Å². The molecule has 0 aliphatic rings. The van der Waals surface area contributed by atoms with Gasteiger partial charge in [-0.2, -0.15) is 0 Å². The van der Waals surface area contributed by atoms with Crippen LogP contribution in [0.4, 0.5) is 0 Å². The number of fused-ring (bicyclic) bond motifs is 1. The predicted octanol–water partition coefficient (Wildman–Crippen LogP) is 3.30. The number of hydrogen-bond donors (Lipinski definition) is 1. The smallest absolute Gasteiger partial charge is 0.0651 e. The number of hydrogen-bond acceptors (Lipinski definition) is 2. The minimum Gasteiger partial charge on any atom is -0.312 e. The average molecular weight is 214 g/mol. The highest BCUT2D eigenvalue weighted by atomic mass is 14.9. The quantitative estimate of drug-likeness (QED) is 0.844. The minimum absolute atomic E-state index is 0.357. The maximum Gasteiger partial charge on any atom is 0.0651 e. The zero-order valence-electron chi connectivity index (χ0n) is 9.90. The van der Waals surface area contributed by atoms with Crippen LogP contribution in [0, 0.1) is 0 Å². The van der Waals surface area contributed by atoms with E-state index in [1.807, 2.05) is 13.2 Å². The van der Waals surface area contributed by atoms with E-state index in [0.717, 1.165) is 12.8 Å². The van der Waals surface area contributed by atoms with Crippen molar-refractivity contribution in [3.05, 3.63) is 42.2 Å². The molecule has 2 aromatic rings. The van der Waals surface area contributed by atoms with Crippen LogP contribution >= 0.6 is 0 Å². The van der Waals surface area contributed by atoms with Gasteiger partial charge in [-0.1, -0.05) is 37.6 Å². The Morgan fingerprint density at radius 2 is 2.06 bits per heavy atom. The molecule has 0 saturated carbocycles. The molecule has 0 fully saturated rings. The summed E-state index contributed by atoms with van der Waals surface area (Å²) in [6.45, 7) is 2.20. The standard InChI is InChI=1S/C14H18N2/c1-3-6-13(15-2)14-12-8-5-4-7-11(12)9-10-16-14/h4-5,7-10,13,15H,3,6H2,1-2H3. The van der Waals surface area contributed by atoms with Gasteiger partial charge in [0.1, 0.15) is 0 Å². The Morgan fingerprint density at radius 3 is 2.81 bits per heavy atom. The molecule has 2 nitrogen and oxygen atoms in total. The van der Waals surface area contributed by atoms with Crippen molar-refractivity contribution >= 4 is 10.8 Å². The van der Waals surface area contributed by atoms with Crippen LogP contribution < -0.4 is 5.32 Å². The van der Waals surface area contributed by atoms with E-state index in [2.05, 4.69) is 47.6 Å². The Labute approximate surface area is 96.7 Å². The van der Waals surface area contributed by atoms with Crippen molar-refractivity contribution in [3.8, 4) is 0 Å². The molecular formula is C14H18N2. The number of nitrogens with zero attached hydrogens (tertiary/aromatic N) is 1. The first-order valence-electron chi connectivity index (χ1n) is 5.87. The molecule has 84 valence electrons. The van der Waals surface area contributed by atoms with E-state index in [1.165, 1.54) is 16.5 Å². The Bertz CT molecular complexity index is 460. The molecule has 2 heteroatoms. The first kappa shape index (κ1) is 11.1. The fraction of sp³-hybridized carbons (Fsp3) is 0.357. The summed E-state index contributed by atoms with van der Waals surface area (Å²) < 4.78 is 0. The maximum absolute atomic E-state index is 4.53. The van der Waals surface area contributed by atoms with E-state index in [4.69, 9.17) is 0 Å². The third kappa shape index (κ3) is 2.07. The summed E-state index contributed by atoms with van der Waals surface area (Å²) in [7, 11) is 2.00. The monoisotopic (exact) mass is 214 g/mol. The molecule has 0 aliphatic heterocycles. The highest BCUT2D eigenvalue weighted by molar-refractivity contribution is 5.84. The molecular weight excluding hydrogens is 196 g/mol. The number of aromatic nitrogens is 1. The molecule has 1 N–H and O–H groups in total. The lowest BCUT2D eigenvalue weighted by Crippen LogP contribution is -2.17. The molecule has 16 heavy (non-hydrogen) atoms. The van der Waals surface area contributed by atoms with Gasteiger partial charge in [-0.25, -0.2) is 0 Å². The van der Waals surface area contributed by atoms with Gasteiger partial charge < -0.3 is 5.32 Å². The maximum atomic E-state index is 4.53. The third-order valence-electron chi connectivity index (χ3n) is 2.96. The second-order valence-corrected chi connectivity index (χ2v) is 4.05. The fourth-order valence-electron chi connectivity index (χ4n) is 2.13. The highest BCUT2D eigenvalue weighted by Crippen LogP contribution is 2.24. The second kappa shape index (κ2) is 5.08. The predicted molar refractivity (Wildman–Crippen MR) is 68.5 cm³/mol. The molecule has 0 aliphatic carbocycles. The van der Waals surface area contributed by atoms with Gasteiger partial charge in [-0.3, -0.25) is 4.98 Å². The Hall–Kier alpha value is -1.41. The Morgan fingerprint density at radius 1 is 1.25 bits per heavy atom. The molecule has 0 radical (unpaired) electrons. The number of pyridine rings is 1. The van der Waals surface area contributed by atoms with E-state index in [1.54, 1.807) is 0 Å². The van der Waals surface area contributed by atoms with Crippen LogP contribution in [0.2, 0.25) is 0 Å². The van der Waals surface area contributed by atoms with Crippen LogP contribution in [-0.2, 0) is 0 Å². The zero-order valence-corrected chi connectivity index (χ0v) is 9.90. The van der Waals surface area contributed by atoms with E-state index < -0.39 is 0 Å². The fourth-order valence-corrected chi connectivity index (χ4v) is 2.13. The second-order valence-electron chi connectivity index (χ2n) is 4.05. The third-order valence-corrected chi connectivity index (χ3v) is 2.96. The Kier molecular flexibility index (Phi) is 3.52. The van der Waals surface area contributed by atoms with Crippen molar-refractivity contribution in [1.29, 1.82) is 0 Å². The van der Waals surface area contributed by atoms with Crippen LogP contribution in [0.15, 0.2) is 36.5 Å². The summed E-state index contributed by atoms with van der Waals surface area (Å²) in [5, 5.41) is 5.88. The number of rotatable bonds is 4. The largest absolute Gasteiger partial charge is 0.312 e. The molecule has 1 heterocycles. The number of benzene rings is 1. The summed E-state index contributed by atoms with van der Waals surface area (Å²) in [6.07, 6.45) is 4.19. The van der Waals surface area contributed by atoms with Crippen LogP contribution in [0.5, 0.6) is 0 Å². The summed E-state index contributed by atoms with van der Waals surface area (Å²) in [6, 6.07) is 10.9. The van der Waals surface area contributed by atoms with Crippen LogP contribution in [-0.4, -0.2) is 12.0 Å². The van der Waals surface area contributed by atoms with E-state index in [-0.39, 0.29) is 0 Å². The first-order chi connectivity index (χ1) is 7.86. The van der Waals surface area contributed by atoms with Gasteiger partial charge >= 0.3 is 0 Å². The van der Waals surface area contributed by atoms with Gasteiger partial charge in [0.2, 0.25) is 0 Å². The summed E-state index contributed by atoms with van der Waals surface area (Å²) >= 11 is 0. The van der Waals surface area contributed by atoms with Crippen molar-refractivity contribution in [2.24, 2.45) is 0 Å². The van der Waals surface area contributed by atoms with Gasteiger partial charge in [0.25, 0.3) is 0 Å². The van der Waals surface area contributed by atoms with Crippen LogP contribution in [0.25, 0.3) is 10.8 Å². The van der Waals surface area contributed by atoms with Crippen LogP contribution in [0.1, 0.15) is 31.5 Å². The van der Waals surface area contributed by atoms with E-state index >= 15 is 0 Å². The lowest BCUT2D eigenvalue weighted by molar-refractivity contribution is 0.533. The summed E-state index contributed by atoms with van der Waals surface area (Å²) in [5.41, 5.74) is 1.17. The SMILES string of the molecule is CCCC(NC)c1nccc2ccccc12. The van der Waals surface area contributed by atoms with E-state index in [0.29, 0.717) is 6.04 Å². The molecule has 1 atom stereocenters. The Balaban J connectivity index is 2.50. The minimum atomic E-state index is 0.357.